The second-order valence-corrected chi connectivity index (χ2v) is 5.61. The van der Waals surface area contributed by atoms with Gasteiger partial charge in [0.25, 0.3) is 0 Å². The maximum atomic E-state index is 2.72. The van der Waals surface area contributed by atoms with Crippen LogP contribution in [0, 0.1) is 0 Å². The molecule has 0 aromatic heterocycles. The first-order valence-electron chi connectivity index (χ1n) is 7.19. The van der Waals surface area contributed by atoms with Crippen molar-refractivity contribution in [2.24, 2.45) is 0 Å². The molecule has 1 heterocycles. The fraction of sp³-hybridized carbons (Fsp3) is 0.625. The lowest BCUT2D eigenvalue weighted by atomic mass is 9.89. The number of hydrogen-bond acceptors (Lipinski definition) is 1. The Bertz CT molecular complexity index is 348. The van der Waals surface area contributed by atoms with E-state index in [2.05, 4.69) is 29.2 Å². The molecule has 1 nitrogen and oxygen atoms in total. The van der Waals surface area contributed by atoms with Crippen molar-refractivity contribution in [3.8, 4) is 0 Å². The van der Waals surface area contributed by atoms with Crippen molar-refractivity contribution in [3.63, 3.8) is 0 Å². The topological polar surface area (TPSA) is 3.24 Å². The Morgan fingerprint density at radius 1 is 1.12 bits per heavy atom. The summed E-state index contributed by atoms with van der Waals surface area (Å²) in [6, 6.07) is 0.938. The smallest absolute Gasteiger partial charge is 0.00955 e. The molecule has 2 fully saturated rings. The van der Waals surface area contributed by atoms with Crippen molar-refractivity contribution in [3.05, 3.63) is 35.5 Å². The van der Waals surface area contributed by atoms with Crippen LogP contribution in [0.3, 0.4) is 0 Å². The summed E-state index contributed by atoms with van der Waals surface area (Å²) in [6.07, 6.45) is 18.7. The van der Waals surface area contributed by atoms with Gasteiger partial charge in [0.05, 0.1) is 0 Å². The Labute approximate surface area is 105 Å². The van der Waals surface area contributed by atoms with Crippen LogP contribution in [-0.2, 0) is 0 Å². The summed E-state index contributed by atoms with van der Waals surface area (Å²) in [7, 11) is 0. The lowest BCUT2D eigenvalue weighted by molar-refractivity contribution is 0.118. The van der Waals surface area contributed by atoms with Gasteiger partial charge in [0, 0.05) is 19.1 Å². The average molecular weight is 229 g/mol. The first-order valence-corrected chi connectivity index (χ1v) is 7.19. The highest BCUT2D eigenvalue weighted by molar-refractivity contribution is 5.29. The van der Waals surface area contributed by atoms with Crippen molar-refractivity contribution in [2.75, 3.05) is 13.1 Å². The first kappa shape index (κ1) is 11.3. The standard InChI is InChI=1S/C16H23N/c1-2-5-14(6-3-1)13-15-9-11-17(12-10-15)16-7-4-8-16/h1-2,6,13,16H,3-5,7-12H2. The Kier molecular flexibility index (Phi) is 3.46. The van der Waals surface area contributed by atoms with E-state index in [1.54, 1.807) is 11.1 Å². The summed E-state index contributed by atoms with van der Waals surface area (Å²) in [5, 5.41) is 0. The number of likely N-dealkylation sites (tertiary alicyclic amines) is 1. The van der Waals surface area contributed by atoms with E-state index in [-0.39, 0.29) is 0 Å². The molecule has 1 saturated carbocycles. The van der Waals surface area contributed by atoms with Gasteiger partial charge >= 0.3 is 0 Å². The quantitative estimate of drug-likeness (QED) is 0.650. The van der Waals surface area contributed by atoms with Crippen LogP contribution in [0.15, 0.2) is 35.5 Å². The second kappa shape index (κ2) is 5.22. The van der Waals surface area contributed by atoms with E-state index in [9.17, 15) is 0 Å². The molecular weight excluding hydrogens is 206 g/mol. The fourth-order valence-electron chi connectivity index (χ4n) is 3.07. The monoisotopic (exact) mass is 229 g/mol. The zero-order valence-electron chi connectivity index (χ0n) is 10.7. The fourth-order valence-corrected chi connectivity index (χ4v) is 3.07. The van der Waals surface area contributed by atoms with E-state index in [1.807, 2.05) is 0 Å². The van der Waals surface area contributed by atoms with Crippen LogP contribution in [0.4, 0.5) is 0 Å². The van der Waals surface area contributed by atoms with Gasteiger partial charge in [-0.25, -0.2) is 0 Å². The summed E-state index contributed by atoms with van der Waals surface area (Å²) in [4.78, 5) is 2.72. The zero-order chi connectivity index (χ0) is 11.5. The minimum Gasteiger partial charge on any atom is -0.300 e. The number of hydrogen-bond donors (Lipinski definition) is 0. The van der Waals surface area contributed by atoms with Crippen LogP contribution < -0.4 is 0 Å². The van der Waals surface area contributed by atoms with Gasteiger partial charge in [0.2, 0.25) is 0 Å². The molecule has 1 saturated heterocycles. The van der Waals surface area contributed by atoms with Crippen LogP contribution >= 0.6 is 0 Å². The first-order chi connectivity index (χ1) is 8.42. The Morgan fingerprint density at radius 2 is 1.94 bits per heavy atom. The minimum atomic E-state index is 0.938. The van der Waals surface area contributed by atoms with Crippen molar-refractivity contribution < 1.29 is 0 Å². The van der Waals surface area contributed by atoms with E-state index in [4.69, 9.17) is 0 Å². The lowest BCUT2D eigenvalue weighted by Gasteiger charge is -2.40. The number of rotatable bonds is 2. The zero-order valence-corrected chi connectivity index (χ0v) is 10.7. The SMILES string of the molecule is C1=CCC(C=C2CCN(C3CCC3)CC2)=CC1. The Balaban J connectivity index is 1.53. The Morgan fingerprint density at radius 3 is 2.53 bits per heavy atom. The summed E-state index contributed by atoms with van der Waals surface area (Å²) < 4.78 is 0. The van der Waals surface area contributed by atoms with Gasteiger partial charge in [-0.1, -0.05) is 36.3 Å². The molecule has 0 radical (unpaired) electrons. The minimum absolute atomic E-state index is 0.938. The van der Waals surface area contributed by atoms with Crippen LogP contribution in [0.5, 0.6) is 0 Å². The van der Waals surface area contributed by atoms with Crippen molar-refractivity contribution >= 4 is 0 Å². The van der Waals surface area contributed by atoms with Gasteiger partial charge in [-0.2, -0.15) is 0 Å². The van der Waals surface area contributed by atoms with Gasteiger partial charge < -0.3 is 0 Å². The highest BCUT2D eigenvalue weighted by Crippen LogP contribution is 2.29. The molecule has 92 valence electrons. The van der Waals surface area contributed by atoms with Crippen molar-refractivity contribution in [2.45, 2.75) is 51.0 Å². The summed E-state index contributed by atoms with van der Waals surface area (Å²) in [5.41, 5.74) is 3.22. The normalized spacial score (nSPS) is 26.6. The molecule has 0 N–H and O–H groups in total. The van der Waals surface area contributed by atoms with Crippen molar-refractivity contribution in [1.29, 1.82) is 0 Å². The number of allylic oxidation sites excluding steroid dienone is 5. The van der Waals surface area contributed by atoms with Gasteiger partial charge in [-0.3, -0.25) is 4.90 Å². The molecule has 0 aromatic carbocycles. The predicted octanol–water partition coefficient (Wildman–Crippen LogP) is 3.84. The molecule has 3 rings (SSSR count). The van der Waals surface area contributed by atoms with E-state index < -0.39 is 0 Å². The van der Waals surface area contributed by atoms with E-state index in [1.165, 1.54) is 45.2 Å². The number of piperidine rings is 1. The van der Waals surface area contributed by atoms with Gasteiger partial charge in [0.1, 0.15) is 0 Å². The molecule has 17 heavy (non-hydrogen) atoms. The summed E-state index contributed by atoms with van der Waals surface area (Å²) in [5.74, 6) is 0. The molecule has 0 amide bonds. The average Bonchev–Trinajstić information content (AvgIpc) is 2.31. The molecule has 2 aliphatic carbocycles. The van der Waals surface area contributed by atoms with Crippen LogP contribution in [-0.4, -0.2) is 24.0 Å². The van der Waals surface area contributed by atoms with E-state index in [0.717, 1.165) is 18.9 Å². The third kappa shape index (κ3) is 2.71. The van der Waals surface area contributed by atoms with Crippen LogP contribution in [0.25, 0.3) is 0 Å². The van der Waals surface area contributed by atoms with E-state index in [0.29, 0.717) is 0 Å². The predicted molar refractivity (Wildman–Crippen MR) is 73.0 cm³/mol. The molecular formula is C16H23N. The van der Waals surface area contributed by atoms with E-state index >= 15 is 0 Å². The second-order valence-electron chi connectivity index (χ2n) is 5.61. The third-order valence-electron chi connectivity index (χ3n) is 4.46. The van der Waals surface area contributed by atoms with Crippen LogP contribution in [0.2, 0.25) is 0 Å². The van der Waals surface area contributed by atoms with Gasteiger partial charge in [0.15, 0.2) is 0 Å². The van der Waals surface area contributed by atoms with Gasteiger partial charge in [-0.05, 0) is 44.1 Å². The maximum absolute atomic E-state index is 2.72. The third-order valence-corrected chi connectivity index (χ3v) is 4.46. The molecule has 1 heteroatoms. The Hall–Kier alpha value is -0.820. The number of nitrogens with zero attached hydrogens (tertiary/aromatic N) is 1. The van der Waals surface area contributed by atoms with Crippen LogP contribution in [0.1, 0.15) is 44.9 Å². The molecule has 1 aliphatic heterocycles. The summed E-state index contributed by atoms with van der Waals surface area (Å²) in [6.45, 7) is 2.61. The maximum Gasteiger partial charge on any atom is 0.00955 e. The molecule has 3 aliphatic rings. The van der Waals surface area contributed by atoms with Crippen molar-refractivity contribution in [1.82, 2.24) is 4.90 Å². The molecule has 0 bridgehead atoms. The highest BCUT2D eigenvalue weighted by Gasteiger charge is 2.26. The molecule has 0 aromatic rings. The largest absolute Gasteiger partial charge is 0.300 e. The molecule has 0 unspecified atom stereocenters. The van der Waals surface area contributed by atoms with Gasteiger partial charge in [-0.15, -0.1) is 0 Å². The highest BCUT2D eigenvalue weighted by atomic mass is 15.2. The lowest BCUT2D eigenvalue weighted by Crippen LogP contribution is -2.43. The summed E-state index contributed by atoms with van der Waals surface area (Å²) >= 11 is 0. The molecule has 0 atom stereocenters. The molecule has 0 spiro atoms.